The summed E-state index contributed by atoms with van der Waals surface area (Å²) in [7, 11) is 0. The molecule has 112 valence electrons. The van der Waals surface area contributed by atoms with E-state index in [4.69, 9.17) is 4.74 Å². The van der Waals surface area contributed by atoms with E-state index in [0.29, 0.717) is 0 Å². The van der Waals surface area contributed by atoms with Gasteiger partial charge < -0.3 is 9.47 Å². The van der Waals surface area contributed by atoms with E-state index in [0.717, 1.165) is 25.1 Å². The summed E-state index contributed by atoms with van der Waals surface area (Å²) in [4.78, 5) is 22.0. The van der Waals surface area contributed by atoms with Gasteiger partial charge in [0.2, 0.25) is 0 Å². The van der Waals surface area contributed by atoms with Crippen LogP contribution >= 0.6 is 0 Å². The monoisotopic (exact) mass is 299 g/mol. The Bertz CT molecular complexity index is 654. The average Bonchev–Trinajstić information content (AvgIpc) is 2.39. The molecular weight excluding hydrogens is 288 g/mol. The minimum atomic E-state index is -3.68. The molecule has 1 aromatic rings. The maximum absolute atomic E-state index is 13.8. The van der Waals surface area contributed by atoms with Crippen molar-refractivity contribution in [1.29, 1.82) is 0 Å². The van der Waals surface area contributed by atoms with Crippen LogP contribution in [0.4, 0.5) is 14.5 Å². The van der Waals surface area contributed by atoms with E-state index in [2.05, 4.69) is 4.74 Å². The lowest BCUT2D eigenvalue weighted by atomic mass is 9.96. The van der Waals surface area contributed by atoms with Crippen LogP contribution in [0.25, 0.3) is 5.57 Å². The topological polar surface area (TPSA) is 78.7 Å². The summed E-state index contributed by atoms with van der Waals surface area (Å²) >= 11 is 0. The highest BCUT2D eigenvalue weighted by Gasteiger charge is 2.44. The Balaban J connectivity index is 2.66. The molecule has 1 aromatic carbocycles. The zero-order valence-corrected chi connectivity index (χ0v) is 11.2. The van der Waals surface area contributed by atoms with Crippen molar-refractivity contribution in [3.8, 4) is 5.75 Å². The molecule has 0 atom stereocenters. The number of nitro groups is 1. The number of alkyl halides is 2. The number of fused-ring (bicyclic) bond motifs is 1. The van der Waals surface area contributed by atoms with E-state index in [-0.39, 0.29) is 23.6 Å². The number of ether oxygens (including phenoxy) is 2. The molecular formula is C13H11F2NO5. The van der Waals surface area contributed by atoms with Crippen molar-refractivity contribution in [3.05, 3.63) is 39.4 Å². The van der Waals surface area contributed by atoms with Gasteiger partial charge >= 0.3 is 12.1 Å². The Hall–Kier alpha value is -2.51. The minimum Gasteiger partial charge on any atom is -0.462 e. The predicted octanol–water partition coefficient (Wildman–Crippen LogP) is 2.92. The smallest absolute Gasteiger partial charge is 0.423 e. The number of nitro benzene ring substituents is 1. The fourth-order valence-corrected chi connectivity index (χ4v) is 1.94. The van der Waals surface area contributed by atoms with Crippen LogP contribution in [0.15, 0.2) is 23.8 Å². The van der Waals surface area contributed by atoms with Gasteiger partial charge in [0, 0.05) is 17.7 Å². The molecule has 21 heavy (non-hydrogen) atoms. The second-order valence-electron chi connectivity index (χ2n) is 4.28. The van der Waals surface area contributed by atoms with E-state index in [1.165, 1.54) is 6.92 Å². The van der Waals surface area contributed by atoms with Gasteiger partial charge in [-0.05, 0) is 19.9 Å². The fraction of sp³-hybridized carbons (Fsp3) is 0.308. The number of benzene rings is 1. The van der Waals surface area contributed by atoms with Gasteiger partial charge in [0.25, 0.3) is 5.69 Å². The van der Waals surface area contributed by atoms with Crippen LogP contribution in [0.2, 0.25) is 0 Å². The van der Waals surface area contributed by atoms with Gasteiger partial charge in [0.1, 0.15) is 5.75 Å². The quantitative estimate of drug-likeness (QED) is 0.487. The molecule has 0 saturated heterocycles. The van der Waals surface area contributed by atoms with Crippen molar-refractivity contribution in [1.82, 2.24) is 0 Å². The van der Waals surface area contributed by atoms with Crippen LogP contribution in [-0.4, -0.2) is 23.6 Å². The van der Waals surface area contributed by atoms with E-state index in [9.17, 15) is 23.7 Å². The first-order chi connectivity index (χ1) is 9.77. The lowest BCUT2D eigenvalue weighted by molar-refractivity contribution is -0.384. The maximum Gasteiger partial charge on any atom is 0.423 e. The Morgan fingerprint density at radius 1 is 1.48 bits per heavy atom. The highest BCUT2D eigenvalue weighted by Crippen LogP contribution is 2.44. The Morgan fingerprint density at radius 2 is 2.14 bits per heavy atom. The molecule has 0 N–H and O–H groups in total. The van der Waals surface area contributed by atoms with Gasteiger partial charge in [-0.2, -0.15) is 8.78 Å². The van der Waals surface area contributed by atoms with Gasteiger partial charge in [0.05, 0.1) is 22.7 Å². The summed E-state index contributed by atoms with van der Waals surface area (Å²) in [6, 6.07) is 3.08. The van der Waals surface area contributed by atoms with Crippen molar-refractivity contribution in [2.45, 2.75) is 20.0 Å². The molecule has 0 radical (unpaired) electrons. The lowest BCUT2D eigenvalue weighted by Gasteiger charge is -2.27. The highest BCUT2D eigenvalue weighted by molar-refractivity contribution is 6.19. The number of hydrogen-bond acceptors (Lipinski definition) is 5. The average molecular weight is 299 g/mol. The van der Waals surface area contributed by atoms with E-state index in [1.54, 1.807) is 0 Å². The maximum atomic E-state index is 13.8. The Labute approximate surface area is 118 Å². The van der Waals surface area contributed by atoms with Crippen LogP contribution in [0.3, 0.4) is 0 Å². The molecule has 0 fully saturated rings. The Morgan fingerprint density at radius 3 is 2.71 bits per heavy atom. The number of rotatable bonds is 3. The van der Waals surface area contributed by atoms with E-state index in [1.807, 2.05) is 0 Å². The van der Waals surface area contributed by atoms with Gasteiger partial charge in [-0.1, -0.05) is 0 Å². The highest BCUT2D eigenvalue weighted by atomic mass is 19.3. The number of nitrogens with zero attached hydrogens (tertiary/aromatic N) is 1. The van der Waals surface area contributed by atoms with Crippen LogP contribution < -0.4 is 4.74 Å². The van der Waals surface area contributed by atoms with E-state index >= 15 is 0 Å². The number of esters is 1. The second kappa shape index (κ2) is 5.12. The lowest BCUT2D eigenvalue weighted by Crippen LogP contribution is -2.32. The molecule has 8 heteroatoms. The molecule has 0 saturated carbocycles. The number of non-ortho nitro benzene ring substituents is 1. The summed E-state index contributed by atoms with van der Waals surface area (Å²) in [6.07, 6.45) is -3.68. The van der Waals surface area contributed by atoms with Crippen LogP contribution in [0.1, 0.15) is 19.4 Å². The van der Waals surface area contributed by atoms with Gasteiger partial charge in [0.15, 0.2) is 0 Å². The number of carbonyl (C=O) groups excluding carboxylic acids is 1. The first-order valence-electron chi connectivity index (χ1n) is 6.02. The molecule has 1 aliphatic heterocycles. The number of hydrogen-bond donors (Lipinski definition) is 0. The van der Waals surface area contributed by atoms with Crippen molar-refractivity contribution in [2.75, 3.05) is 6.61 Å². The molecule has 0 amide bonds. The molecule has 0 unspecified atom stereocenters. The zero-order valence-electron chi connectivity index (χ0n) is 11.2. The number of halogens is 2. The normalized spacial score (nSPS) is 16.0. The molecule has 2 rings (SSSR count). The van der Waals surface area contributed by atoms with Crippen molar-refractivity contribution in [2.24, 2.45) is 0 Å². The molecule has 0 spiro atoms. The third-order valence-electron chi connectivity index (χ3n) is 2.97. The van der Waals surface area contributed by atoms with Crippen molar-refractivity contribution in [3.63, 3.8) is 0 Å². The predicted molar refractivity (Wildman–Crippen MR) is 67.9 cm³/mol. The fourth-order valence-electron chi connectivity index (χ4n) is 1.94. The summed E-state index contributed by atoms with van der Waals surface area (Å²) < 4.78 is 36.8. The molecule has 1 aliphatic rings. The van der Waals surface area contributed by atoms with Gasteiger partial charge in [-0.15, -0.1) is 0 Å². The van der Waals surface area contributed by atoms with Crippen molar-refractivity contribution < 1.29 is 28.0 Å². The van der Waals surface area contributed by atoms with Gasteiger partial charge in [-0.25, -0.2) is 4.79 Å². The van der Waals surface area contributed by atoms with Crippen LogP contribution in [0, 0.1) is 10.1 Å². The van der Waals surface area contributed by atoms with Crippen LogP contribution in [-0.2, 0) is 9.53 Å². The van der Waals surface area contributed by atoms with Crippen LogP contribution in [0.5, 0.6) is 5.75 Å². The summed E-state index contributed by atoms with van der Waals surface area (Å²) in [5.74, 6) is -1.28. The molecule has 0 aliphatic carbocycles. The zero-order chi connectivity index (χ0) is 15.8. The first kappa shape index (κ1) is 14.9. The SMILES string of the molecule is CCOC(=O)C1=C(C)C(F)(F)Oc2ccc([N+](=O)[O-])cc21. The third-order valence-corrected chi connectivity index (χ3v) is 2.97. The Kier molecular flexibility index (Phi) is 3.63. The third kappa shape index (κ3) is 2.56. The first-order valence-corrected chi connectivity index (χ1v) is 6.02. The van der Waals surface area contributed by atoms with E-state index < -0.39 is 28.1 Å². The summed E-state index contributed by atoms with van der Waals surface area (Å²) in [5, 5.41) is 10.8. The molecule has 0 aromatic heterocycles. The standard InChI is InChI=1S/C13H11F2NO5/c1-3-20-12(17)11-7(2)13(14,15)21-10-5-4-8(16(18)19)6-9(10)11/h4-6H,3H2,1-2H3. The molecule has 1 heterocycles. The number of carbonyl (C=O) groups is 1. The van der Waals surface area contributed by atoms with Crippen molar-refractivity contribution >= 4 is 17.2 Å². The minimum absolute atomic E-state index is 0.00764. The molecule has 0 bridgehead atoms. The largest absolute Gasteiger partial charge is 0.462 e. The summed E-state index contributed by atoms with van der Waals surface area (Å²) in [5.41, 5.74) is -1.47. The molecule has 6 nitrogen and oxygen atoms in total. The summed E-state index contributed by atoms with van der Waals surface area (Å²) in [6.45, 7) is 2.54. The second-order valence-corrected chi connectivity index (χ2v) is 4.28. The van der Waals surface area contributed by atoms with Gasteiger partial charge in [-0.3, -0.25) is 10.1 Å².